The highest BCUT2D eigenvalue weighted by Gasteiger charge is 2.42. The first-order valence-electron chi connectivity index (χ1n) is 12.2. The normalized spacial score (nSPS) is 16.8. The number of rotatable bonds is 8. The maximum absolute atomic E-state index is 11.6. The van der Waals surface area contributed by atoms with Crippen LogP contribution in [0.4, 0.5) is 5.69 Å². The minimum atomic E-state index is -1.23. The summed E-state index contributed by atoms with van der Waals surface area (Å²) in [5.41, 5.74) is 1.60. The first-order valence-corrected chi connectivity index (χ1v) is 12.6. The molecule has 5 rings (SSSR count). The van der Waals surface area contributed by atoms with Crippen LogP contribution in [-0.2, 0) is 0 Å². The highest BCUT2D eigenvalue weighted by molar-refractivity contribution is 7.80. The fraction of sp³-hybridized carbons (Fsp3) is 0.172. The lowest BCUT2D eigenvalue weighted by Crippen LogP contribution is -2.29. The van der Waals surface area contributed by atoms with Gasteiger partial charge in [-0.25, -0.2) is 9.59 Å². The van der Waals surface area contributed by atoms with Gasteiger partial charge in [-0.15, -0.1) is 0 Å². The summed E-state index contributed by atoms with van der Waals surface area (Å²) in [7, 11) is 0. The second-order valence-corrected chi connectivity index (χ2v) is 9.66. The highest BCUT2D eigenvalue weighted by atomic mass is 32.1. The molecule has 2 aromatic carbocycles. The number of ether oxygens (including phenoxy) is 1. The van der Waals surface area contributed by atoms with Crippen LogP contribution in [0.5, 0.6) is 5.75 Å². The number of hydrogen-bond donors (Lipinski definition) is 3. The molecule has 2 aromatic heterocycles. The maximum Gasteiger partial charge on any atom is 0.335 e. The number of carboxylic acids is 2. The van der Waals surface area contributed by atoms with Crippen molar-refractivity contribution in [2.45, 2.75) is 32.0 Å². The van der Waals surface area contributed by atoms with Gasteiger partial charge in [0.15, 0.2) is 5.11 Å². The Morgan fingerprint density at radius 2 is 1.69 bits per heavy atom. The maximum atomic E-state index is 11.6. The van der Waals surface area contributed by atoms with Gasteiger partial charge < -0.3 is 29.6 Å². The average molecular weight is 544 g/mol. The molecule has 9 nitrogen and oxygen atoms in total. The van der Waals surface area contributed by atoms with Crippen molar-refractivity contribution in [1.82, 2.24) is 10.3 Å². The van der Waals surface area contributed by atoms with E-state index in [1.54, 1.807) is 18.3 Å². The predicted molar refractivity (Wildman–Crippen MR) is 148 cm³/mol. The van der Waals surface area contributed by atoms with Gasteiger partial charge in [-0.05, 0) is 92.8 Å². The van der Waals surface area contributed by atoms with Crippen molar-refractivity contribution in [3.05, 3.63) is 102 Å². The van der Waals surface area contributed by atoms with Crippen LogP contribution in [-0.4, -0.2) is 38.4 Å². The monoisotopic (exact) mass is 543 g/mol. The third kappa shape index (κ3) is 5.32. The largest absolute Gasteiger partial charge is 0.491 e. The summed E-state index contributed by atoms with van der Waals surface area (Å²) in [5, 5.41) is 22.8. The Bertz CT molecular complexity index is 1500. The number of carbonyl (C=O) groups is 2. The van der Waals surface area contributed by atoms with Gasteiger partial charge in [0.1, 0.15) is 23.3 Å². The number of furan rings is 1. The molecule has 3 heterocycles. The van der Waals surface area contributed by atoms with Crippen molar-refractivity contribution in [2.75, 3.05) is 4.90 Å². The molecular formula is C29H25N3O6S. The zero-order chi connectivity index (χ0) is 27.7. The Morgan fingerprint density at radius 3 is 2.28 bits per heavy atom. The summed E-state index contributed by atoms with van der Waals surface area (Å²) in [6.45, 7) is 3.92. The number of hydrogen-bond acceptors (Lipinski definition) is 6. The number of nitrogens with zero attached hydrogens (tertiary/aromatic N) is 2. The molecule has 3 N–H and O–H groups in total. The number of thiocarbonyl (C=S) groups is 1. The van der Waals surface area contributed by atoms with Gasteiger partial charge in [-0.3, -0.25) is 4.98 Å². The van der Waals surface area contributed by atoms with Crippen LogP contribution < -0.4 is 15.0 Å². The molecule has 10 heteroatoms. The fourth-order valence-electron chi connectivity index (χ4n) is 4.56. The van der Waals surface area contributed by atoms with Gasteiger partial charge in [-0.1, -0.05) is 6.07 Å². The Morgan fingerprint density at radius 1 is 1.00 bits per heavy atom. The molecule has 4 aromatic rings. The number of pyridine rings is 1. The van der Waals surface area contributed by atoms with E-state index in [-0.39, 0.29) is 23.3 Å². The minimum Gasteiger partial charge on any atom is -0.491 e. The molecule has 0 radical (unpaired) electrons. The second-order valence-electron chi connectivity index (χ2n) is 9.27. The molecule has 0 spiro atoms. The van der Waals surface area contributed by atoms with E-state index < -0.39 is 18.0 Å². The van der Waals surface area contributed by atoms with Crippen LogP contribution >= 0.6 is 12.2 Å². The first kappa shape index (κ1) is 25.9. The Balaban J connectivity index is 1.57. The van der Waals surface area contributed by atoms with Gasteiger partial charge in [0.25, 0.3) is 0 Å². The van der Waals surface area contributed by atoms with Crippen molar-refractivity contribution < 1.29 is 29.0 Å². The third-order valence-electron chi connectivity index (χ3n) is 6.21. The summed E-state index contributed by atoms with van der Waals surface area (Å²) in [6.07, 6.45) is 1.74. The zero-order valence-electron chi connectivity index (χ0n) is 21.1. The van der Waals surface area contributed by atoms with E-state index in [4.69, 9.17) is 21.4 Å². The number of benzene rings is 2. The summed E-state index contributed by atoms with van der Waals surface area (Å²) in [5.74, 6) is -0.870. The van der Waals surface area contributed by atoms with Crippen molar-refractivity contribution in [3.63, 3.8) is 0 Å². The van der Waals surface area contributed by atoms with Crippen LogP contribution in [0, 0.1) is 0 Å². The summed E-state index contributed by atoms with van der Waals surface area (Å²) in [4.78, 5) is 29.7. The molecule has 1 fully saturated rings. The van der Waals surface area contributed by atoms with Crippen molar-refractivity contribution >= 4 is 35.0 Å². The first-order chi connectivity index (χ1) is 18.7. The Labute approximate surface area is 229 Å². The van der Waals surface area contributed by atoms with E-state index in [1.807, 2.05) is 61.2 Å². The van der Waals surface area contributed by atoms with Crippen molar-refractivity contribution in [3.8, 4) is 17.1 Å². The van der Waals surface area contributed by atoms with Gasteiger partial charge in [0, 0.05) is 17.4 Å². The summed E-state index contributed by atoms with van der Waals surface area (Å²) < 4.78 is 12.1. The lowest BCUT2D eigenvalue weighted by atomic mass is 10.0. The molecule has 2 atom stereocenters. The number of aromatic carboxylic acids is 2. The van der Waals surface area contributed by atoms with Crippen LogP contribution in [0.1, 0.15) is 58.1 Å². The molecule has 1 saturated heterocycles. The van der Waals surface area contributed by atoms with Gasteiger partial charge >= 0.3 is 11.9 Å². The fourth-order valence-corrected chi connectivity index (χ4v) is 4.91. The molecule has 0 saturated carbocycles. The standard InChI is InChI=1S/C29H25N3O6S/c1-16(2)37-21-8-6-20(7-9-21)32-26(25(31-29(32)39)22-5-3-4-12-30-22)24-11-10-23(38-24)17-13-18(27(33)34)15-19(14-17)28(35)36/h3-16,25-26H,1-2H3,(H,31,39)(H,33,34)(H,35,36)/t25-,26-/m1/s1. The Hall–Kier alpha value is -4.70. The molecule has 1 aliphatic rings. The van der Waals surface area contributed by atoms with Crippen LogP contribution in [0.2, 0.25) is 0 Å². The lowest BCUT2D eigenvalue weighted by Gasteiger charge is -2.26. The predicted octanol–water partition coefficient (Wildman–Crippen LogP) is 5.70. The van der Waals surface area contributed by atoms with Crippen molar-refractivity contribution in [1.29, 1.82) is 0 Å². The molecule has 0 bridgehead atoms. The number of aromatic nitrogens is 1. The van der Waals surface area contributed by atoms with E-state index in [9.17, 15) is 19.8 Å². The van der Waals surface area contributed by atoms with Crippen molar-refractivity contribution in [2.24, 2.45) is 0 Å². The summed E-state index contributed by atoms with van der Waals surface area (Å²) in [6, 6.07) is 19.8. The zero-order valence-corrected chi connectivity index (χ0v) is 21.9. The summed E-state index contributed by atoms with van der Waals surface area (Å²) >= 11 is 5.75. The lowest BCUT2D eigenvalue weighted by molar-refractivity contribution is 0.0696. The van der Waals surface area contributed by atoms with Gasteiger partial charge in [0.2, 0.25) is 0 Å². The highest BCUT2D eigenvalue weighted by Crippen LogP contribution is 2.43. The molecule has 0 aliphatic carbocycles. The molecule has 0 amide bonds. The van der Waals surface area contributed by atoms with E-state index in [1.165, 1.54) is 12.1 Å². The quantitative estimate of drug-likeness (QED) is 0.238. The number of carboxylic acid groups (broad SMARTS) is 2. The number of anilines is 1. The van der Waals surface area contributed by atoms with Crippen LogP contribution in [0.25, 0.3) is 11.3 Å². The number of nitrogens with one attached hydrogen (secondary N) is 1. The molecule has 0 unspecified atom stereocenters. The van der Waals surface area contributed by atoms with Gasteiger partial charge in [0.05, 0.1) is 29.0 Å². The van der Waals surface area contributed by atoms with Crippen LogP contribution in [0.15, 0.2) is 83.4 Å². The molecule has 1 aliphatic heterocycles. The smallest absolute Gasteiger partial charge is 0.335 e. The minimum absolute atomic E-state index is 0.0366. The van der Waals surface area contributed by atoms with E-state index in [0.717, 1.165) is 23.2 Å². The van der Waals surface area contributed by atoms with Gasteiger partial charge in [-0.2, -0.15) is 0 Å². The average Bonchev–Trinajstić information content (AvgIpc) is 3.54. The topological polar surface area (TPSA) is 125 Å². The molecule has 39 heavy (non-hydrogen) atoms. The molecule has 198 valence electrons. The SMILES string of the molecule is CC(C)Oc1ccc(N2C(=S)N[C@H](c3ccccn3)[C@H]2c2ccc(-c3cc(C(=O)O)cc(C(=O)O)c3)o2)cc1. The van der Waals surface area contributed by atoms with Crippen LogP contribution in [0.3, 0.4) is 0 Å². The molecular weight excluding hydrogens is 518 g/mol. The third-order valence-corrected chi connectivity index (χ3v) is 6.53. The van der Waals surface area contributed by atoms with E-state index >= 15 is 0 Å². The second kappa shape index (κ2) is 10.6. The Kier molecular flexibility index (Phi) is 7.03. The van der Waals surface area contributed by atoms with E-state index in [2.05, 4.69) is 10.3 Å². The van der Waals surface area contributed by atoms with E-state index in [0.29, 0.717) is 22.2 Å².